The topological polar surface area (TPSA) is 82.0 Å². The first-order valence-electron chi connectivity index (χ1n) is 7.23. The molecule has 0 fully saturated rings. The Balaban J connectivity index is 2.25. The summed E-state index contributed by atoms with van der Waals surface area (Å²) in [5.74, 6) is 0. The fraction of sp³-hybridized carbons (Fsp3) is 0.235. The van der Waals surface area contributed by atoms with Crippen molar-refractivity contribution in [1.29, 1.82) is 0 Å². The minimum atomic E-state index is -0.977. The van der Waals surface area contributed by atoms with Crippen molar-refractivity contribution in [2.75, 3.05) is 17.3 Å². The normalized spacial score (nSPS) is 20.1. The Labute approximate surface area is 133 Å². The van der Waals surface area contributed by atoms with Crippen molar-refractivity contribution in [3.63, 3.8) is 0 Å². The summed E-state index contributed by atoms with van der Waals surface area (Å²) in [6, 6.07) is 9.43. The number of aryl methyl sites for hydroxylation is 1. The van der Waals surface area contributed by atoms with Gasteiger partial charge >= 0.3 is 6.09 Å². The molecule has 3 rings (SSSR count). The molecule has 2 aromatic rings. The fourth-order valence-corrected chi connectivity index (χ4v) is 2.88. The standard InChI is InChI=1S/C17H18N2O4/c1-10-9-13(18-17(22)23-2)16(12-6-4-3-5-11(10)12)19-14(20)7-8-15(19)21/h3-9,14-15,20-21H,1-2H3,(H,18,22). The number of ether oxygens (including phenoxy) is 1. The predicted octanol–water partition coefficient (Wildman–Crippen LogP) is 2.34. The number of carbonyl (C=O) groups excluding carboxylic acids is 1. The molecular weight excluding hydrogens is 296 g/mol. The van der Waals surface area contributed by atoms with Gasteiger partial charge in [-0.15, -0.1) is 0 Å². The van der Waals surface area contributed by atoms with E-state index < -0.39 is 18.5 Å². The predicted molar refractivity (Wildman–Crippen MR) is 88.3 cm³/mol. The highest BCUT2D eigenvalue weighted by Crippen LogP contribution is 2.40. The minimum Gasteiger partial charge on any atom is -0.453 e. The molecule has 1 amide bonds. The monoisotopic (exact) mass is 314 g/mol. The van der Waals surface area contributed by atoms with Gasteiger partial charge in [0, 0.05) is 5.39 Å². The maximum Gasteiger partial charge on any atom is 0.411 e. The van der Waals surface area contributed by atoms with E-state index in [9.17, 15) is 15.0 Å². The van der Waals surface area contributed by atoms with Crippen LogP contribution in [0.2, 0.25) is 0 Å². The van der Waals surface area contributed by atoms with Crippen LogP contribution < -0.4 is 10.2 Å². The van der Waals surface area contributed by atoms with Gasteiger partial charge in [-0.2, -0.15) is 0 Å². The molecule has 1 heterocycles. The van der Waals surface area contributed by atoms with Crippen molar-refractivity contribution >= 4 is 28.2 Å². The second-order valence-corrected chi connectivity index (χ2v) is 5.37. The number of rotatable bonds is 2. The summed E-state index contributed by atoms with van der Waals surface area (Å²) < 4.78 is 4.67. The summed E-state index contributed by atoms with van der Waals surface area (Å²) in [5.41, 5.74) is 1.98. The fourth-order valence-electron chi connectivity index (χ4n) is 2.88. The lowest BCUT2D eigenvalue weighted by atomic mass is 10.0. The molecule has 0 saturated heterocycles. The van der Waals surface area contributed by atoms with Crippen LogP contribution in [0.25, 0.3) is 10.8 Å². The molecule has 2 aromatic carbocycles. The first kappa shape index (κ1) is 15.3. The largest absolute Gasteiger partial charge is 0.453 e. The van der Waals surface area contributed by atoms with E-state index in [1.165, 1.54) is 24.2 Å². The Morgan fingerprint density at radius 1 is 1.17 bits per heavy atom. The number of hydrogen-bond donors (Lipinski definition) is 3. The average molecular weight is 314 g/mol. The van der Waals surface area contributed by atoms with E-state index in [-0.39, 0.29) is 0 Å². The number of carbonyl (C=O) groups is 1. The van der Waals surface area contributed by atoms with E-state index in [0.29, 0.717) is 11.4 Å². The quantitative estimate of drug-likeness (QED) is 0.741. The van der Waals surface area contributed by atoms with E-state index in [4.69, 9.17) is 0 Å². The van der Waals surface area contributed by atoms with Crippen molar-refractivity contribution in [1.82, 2.24) is 0 Å². The van der Waals surface area contributed by atoms with Gasteiger partial charge in [0.05, 0.1) is 18.5 Å². The van der Waals surface area contributed by atoms with Crippen LogP contribution in [0.15, 0.2) is 42.5 Å². The van der Waals surface area contributed by atoms with Gasteiger partial charge in [-0.25, -0.2) is 4.79 Å². The van der Waals surface area contributed by atoms with Gasteiger partial charge in [-0.3, -0.25) is 5.32 Å². The van der Waals surface area contributed by atoms with Gasteiger partial charge in [0.25, 0.3) is 0 Å². The van der Waals surface area contributed by atoms with Gasteiger partial charge < -0.3 is 19.8 Å². The number of benzene rings is 2. The van der Waals surface area contributed by atoms with Crippen LogP contribution in [0.5, 0.6) is 0 Å². The number of anilines is 2. The SMILES string of the molecule is COC(=O)Nc1cc(C)c2ccccc2c1N1C(O)C=CC1O. The summed E-state index contributed by atoms with van der Waals surface area (Å²) >= 11 is 0. The molecule has 1 aliphatic rings. The molecule has 0 aromatic heterocycles. The Hall–Kier alpha value is -2.57. The van der Waals surface area contributed by atoms with Crippen LogP contribution in [0.3, 0.4) is 0 Å². The van der Waals surface area contributed by atoms with Crippen LogP contribution in [-0.2, 0) is 4.74 Å². The number of nitrogens with zero attached hydrogens (tertiary/aromatic N) is 1. The first-order chi connectivity index (χ1) is 11.0. The summed E-state index contributed by atoms with van der Waals surface area (Å²) in [7, 11) is 1.28. The van der Waals surface area contributed by atoms with Crippen LogP contribution in [0.1, 0.15) is 5.56 Å². The van der Waals surface area contributed by atoms with Gasteiger partial charge in [-0.1, -0.05) is 24.3 Å². The van der Waals surface area contributed by atoms with Gasteiger partial charge in [0.1, 0.15) is 12.5 Å². The average Bonchev–Trinajstić information content (AvgIpc) is 2.87. The maximum absolute atomic E-state index is 11.7. The lowest BCUT2D eigenvalue weighted by Gasteiger charge is -2.30. The molecule has 0 radical (unpaired) electrons. The molecule has 0 aliphatic carbocycles. The van der Waals surface area contributed by atoms with E-state index in [2.05, 4.69) is 10.1 Å². The van der Waals surface area contributed by atoms with Crippen LogP contribution in [-0.4, -0.2) is 35.9 Å². The second kappa shape index (κ2) is 5.91. The Bertz CT molecular complexity index is 776. The van der Waals surface area contributed by atoms with Gasteiger partial charge in [-0.05, 0) is 36.1 Å². The molecule has 0 bridgehead atoms. The molecule has 0 spiro atoms. The molecular formula is C17H18N2O4. The zero-order chi connectivity index (χ0) is 16.6. The first-order valence-corrected chi connectivity index (χ1v) is 7.23. The summed E-state index contributed by atoms with van der Waals surface area (Å²) in [5, 5.41) is 24.8. The minimum absolute atomic E-state index is 0.467. The summed E-state index contributed by atoms with van der Waals surface area (Å²) in [4.78, 5) is 13.1. The third kappa shape index (κ3) is 2.62. The molecule has 6 nitrogen and oxygen atoms in total. The van der Waals surface area contributed by atoms with Gasteiger partial charge in [0.15, 0.2) is 0 Å². The smallest absolute Gasteiger partial charge is 0.411 e. The highest BCUT2D eigenvalue weighted by Gasteiger charge is 2.30. The second-order valence-electron chi connectivity index (χ2n) is 5.37. The van der Waals surface area contributed by atoms with Gasteiger partial charge in [0.2, 0.25) is 0 Å². The Kier molecular flexibility index (Phi) is 3.94. The Morgan fingerprint density at radius 2 is 1.78 bits per heavy atom. The number of hydrogen-bond acceptors (Lipinski definition) is 5. The number of aliphatic hydroxyl groups is 2. The number of methoxy groups -OCH3 is 1. The van der Waals surface area contributed by atoms with Crippen LogP contribution in [0, 0.1) is 6.92 Å². The molecule has 2 atom stereocenters. The summed E-state index contributed by atoms with van der Waals surface area (Å²) in [6.45, 7) is 1.93. The molecule has 23 heavy (non-hydrogen) atoms. The number of aliphatic hydroxyl groups excluding tert-OH is 2. The molecule has 2 unspecified atom stereocenters. The molecule has 0 saturated carbocycles. The third-order valence-electron chi connectivity index (χ3n) is 3.93. The zero-order valence-electron chi connectivity index (χ0n) is 12.9. The van der Waals surface area contributed by atoms with E-state index in [1.54, 1.807) is 6.07 Å². The van der Waals surface area contributed by atoms with Crippen molar-refractivity contribution in [2.45, 2.75) is 19.4 Å². The summed E-state index contributed by atoms with van der Waals surface area (Å²) in [6.07, 6.45) is 0.434. The highest BCUT2D eigenvalue weighted by molar-refractivity contribution is 6.05. The molecule has 6 heteroatoms. The Morgan fingerprint density at radius 3 is 2.39 bits per heavy atom. The number of amides is 1. The third-order valence-corrected chi connectivity index (χ3v) is 3.93. The van der Waals surface area contributed by atoms with Crippen LogP contribution in [0.4, 0.5) is 16.2 Å². The highest BCUT2D eigenvalue weighted by atomic mass is 16.5. The molecule has 1 aliphatic heterocycles. The zero-order valence-corrected chi connectivity index (χ0v) is 12.9. The van der Waals surface area contributed by atoms with E-state index in [0.717, 1.165) is 16.3 Å². The molecule has 120 valence electrons. The van der Waals surface area contributed by atoms with E-state index in [1.807, 2.05) is 31.2 Å². The lowest BCUT2D eigenvalue weighted by Crippen LogP contribution is -2.37. The van der Waals surface area contributed by atoms with Crippen molar-refractivity contribution in [2.24, 2.45) is 0 Å². The van der Waals surface area contributed by atoms with Crippen molar-refractivity contribution in [3.8, 4) is 0 Å². The van der Waals surface area contributed by atoms with E-state index >= 15 is 0 Å². The number of fused-ring (bicyclic) bond motifs is 1. The van der Waals surface area contributed by atoms with Crippen molar-refractivity contribution in [3.05, 3.63) is 48.0 Å². The lowest BCUT2D eigenvalue weighted by molar-refractivity contribution is 0.154. The van der Waals surface area contributed by atoms with Crippen molar-refractivity contribution < 1.29 is 19.7 Å². The number of nitrogens with one attached hydrogen (secondary N) is 1. The maximum atomic E-state index is 11.7. The molecule has 3 N–H and O–H groups in total. The van der Waals surface area contributed by atoms with Crippen LogP contribution >= 0.6 is 0 Å².